The highest BCUT2D eigenvalue weighted by atomic mass is 19.1. The van der Waals surface area contributed by atoms with Crippen molar-refractivity contribution < 1.29 is 13.9 Å². The maximum Gasteiger partial charge on any atom is 0.222 e. The Kier molecular flexibility index (Phi) is 6.33. The van der Waals surface area contributed by atoms with Gasteiger partial charge >= 0.3 is 0 Å². The third kappa shape index (κ3) is 4.65. The lowest BCUT2D eigenvalue weighted by Crippen LogP contribution is -2.48. The van der Waals surface area contributed by atoms with Gasteiger partial charge in [0.25, 0.3) is 0 Å². The Labute approximate surface area is 176 Å². The Hall–Kier alpha value is -2.86. The van der Waals surface area contributed by atoms with Crippen LogP contribution in [0.4, 0.5) is 4.39 Å². The zero-order valence-electron chi connectivity index (χ0n) is 17.4. The van der Waals surface area contributed by atoms with E-state index in [0.29, 0.717) is 13.0 Å². The van der Waals surface area contributed by atoms with E-state index in [2.05, 4.69) is 28.2 Å². The number of nitrogens with one attached hydrogen (secondary N) is 1. The van der Waals surface area contributed by atoms with E-state index in [1.54, 1.807) is 6.07 Å². The van der Waals surface area contributed by atoms with E-state index in [-0.39, 0.29) is 17.5 Å². The van der Waals surface area contributed by atoms with E-state index in [1.807, 2.05) is 23.1 Å². The molecule has 6 heteroatoms. The number of methoxy groups -OCH3 is 1. The number of aromatic amines is 1. The molecular formula is C24H28FN3O2. The number of aryl methyl sites for hydroxylation is 1. The highest BCUT2D eigenvalue weighted by molar-refractivity contribution is 5.83. The van der Waals surface area contributed by atoms with Gasteiger partial charge in [-0.3, -0.25) is 9.69 Å². The summed E-state index contributed by atoms with van der Waals surface area (Å²) in [7, 11) is 1.47. The smallest absolute Gasteiger partial charge is 0.222 e. The molecular weight excluding hydrogens is 381 g/mol. The molecule has 158 valence electrons. The number of ether oxygens (including phenoxy) is 1. The second-order valence-corrected chi connectivity index (χ2v) is 7.84. The third-order valence-corrected chi connectivity index (χ3v) is 5.86. The molecule has 5 nitrogen and oxygen atoms in total. The van der Waals surface area contributed by atoms with Gasteiger partial charge in [0.15, 0.2) is 11.6 Å². The number of nitrogens with zero attached hydrogens (tertiary/aromatic N) is 2. The minimum absolute atomic E-state index is 0.227. The summed E-state index contributed by atoms with van der Waals surface area (Å²) in [6.07, 6.45) is 4.38. The van der Waals surface area contributed by atoms with Crippen LogP contribution in [0.1, 0.15) is 24.0 Å². The number of H-pyrrole nitrogens is 1. The molecule has 1 amide bonds. The van der Waals surface area contributed by atoms with Gasteiger partial charge < -0.3 is 14.6 Å². The fourth-order valence-electron chi connectivity index (χ4n) is 4.15. The first-order valence-corrected chi connectivity index (χ1v) is 10.5. The van der Waals surface area contributed by atoms with Crippen LogP contribution in [0.5, 0.6) is 5.75 Å². The molecule has 2 aromatic carbocycles. The Bertz CT molecular complexity index is 1010. The molecule has 1 aliphatic heterocycles. The standard InChI is InChI=1S/C24H28FN3O2/c1-30-23-10-9-18(15-21(23)25)17-27-11-13-28(14-12-27)24(29)8-4-5-19-16-26-22-7-3-2-6-20(19)22/h2-3,6-7,9-10,15-16,26H,4-5,8,11-14,17H2,1H3. The van der Waals surface area contributed by atoms with Gasteiger partial charge in [0.1, 0.15) is 0 Å². The SMILES string of the molecule is COc1ccc(CN2CCN(C(=O)CCCc3c[nH]c4ccccc34)CC2)cc1F. The highest BCUT2D eigenvalue weighted by Crippen LogP contribution is 2.21. The summed E-state index contributed by atoms with van der Waals surface area (Å²) < 4.78 is 18.9. The van der Waals surface area contributed by atoms with Gasteiger partial charge in [-0.05, 0) is 42.2 Å². The van der Waals surface area contributed by atoms with Crippen molar-refractivity contribution in [3.63, 3.8) is 0 Å². The first kappa shape index (κ1) is 20.4. The zero-order valence-corrected chi connectivity index (χ0v) is 17.4. The molecule has 0 unspecified atom stereocenters. The molecule has 2 heterocycles. The van der Waals surface area contributed by atoms with E-state index in [4.69, 9.17) is 4.74 Å². The number of piperazine rings is 1. The molecule has 3 aromatic rings. The van der Waals surface area contributed by atoms with Crippen molar-refractivity contribution >= 4 is 16.8 Å². The quantitative estimate of drug-likeness (QED) is 0.642. The van der Waals surface area contributed by atoms with Crippen molar-refractivity contribution in [2.75, 3.05) is 33.3 Å². The number of hydrogen-bond donors (Lipinski definition) is 1. The summed E-state index contributed by atoms with van der Waals surface area (Å²) in [4.78, 5) is 20.1. The Morgan fingerprint density at radius 1 is 1.13 bits per heavy atom. The number of rotatable bonds is 7. The molecule has 0 saturated carbocycles. The Balaban J connectivity index is 1.22. The number of aromatic nitrogens is 1. The summed E-state index contributed by atoms with van der Waals surface area (Å²) in [6, 6.07) is 13.4. The third-order valence-electron chi connectivity index (χ3n) is 5.86. The van der Waals surface area contributed by atoms with Gasteiger partial charge in [0.05, 0.1) is 7.11 Å². The van der Waals surface area contributed by atoms with Crippen LogP contribution in [0.2, 0.25) is 0 Å². The number of fused-ring (bicyclic) bond motifs is 1. The highest BCUT2D eigenvalue weighted by Gasteiger charge is 2.21. The Morgan fingerprint density at radius 3 is 2.70 bits per heavy atom. The molecule has 0 aliphatic carbocycles. The minimum Gasteiger partial charge on any atom is -0.494 e. The largest absolute Gasteiger partial charge is 0.494 e. The second-order valence-electron chi connectivity index (χ2n) is 7.84. The molecule has 0 bridgehead atoms. The van der Waals surface area contributed by atoms with E-state index in [9.17, 15) is 9.18 Å². The van der Waals surface area contributed by atoms with Crippen LogP contribution in [0.25, 0.3) is 10.9 Å². The van der Waals surface area contributed by atoms with Crippen molar-refractivity contribution in [2.45, 2.75) is 25.8 Å². The van der Waals surface area contributed by atoms with E-state index >= 15 is 0 Å². The summed E-state index contributed by atoms with van der Waals surface area (Å²) in [5.41, 5.74) is 3.34. The molecule has 1 aliphatic rings. The molecule has 0 radical (unpaired) electrons. The number of para-hydroxylation sites is 1. The zero-order chi connectivity index (χ0) is 20.9. The van der Waals surface area contributed by atoms with Crippen LogP contribution < -0.4 is 4.74 Å². The number of benzene rings is 2. The lowest BCUT2D eigenvalue weighted by Gasteiger charge is -2.35. The summed E-state index contributed by atoms with van der Waals surface area (Å²) in [5.74, 6) is 0.158. The molecule has 1 aromatic heterocycles. The fraction of sp³-hybridized carbons (Fsp3) is 0.375. The molecule has 1 fully saturated rings. The number of hydrogen-bond acceptors (Lipinski definition) is 3. The van der Waals surface area contributed by atoms with Gasteiger partial charge in [-0.2, -0.15) is 0 Å². The molecule has 30 heavy (non-hydrogen) atoms. The van der Waals surface area contributed by atoms with Gasteiger partial charge in [0.2, 0.25) is 5.91 Å². The lowest BCUT2D eigenvalue weighted by atomic mass is 10.1. The van der Waals surface area contributed by atoms with Gasteiger partial charge in [0, 0.05) is 56.2 Å². The second kappa shape index (κ2) is 9.30. The van der Waals surface area contributed by atoms with Crippen molar-refractivity contribution in [3.05, 3.63) is 65.6 Å². The Morgan fingerprint density at radius 2 is 1.93 bits per heavy atom. The number of carbonyl (C=O) groups excluding carboxylic acids is 1. The van der Waals surface area contributed by atoms with E-state index in [0.717, 1.165) is 50.1 Å². The van der Waals surface area contributed by atoms with Gasteiger partial charge in [-0.25, -0.2) is 4.39 Å². The molecule has 0 spiro atoms. The van der Waals surface area contributed by atoms with Gasteiger partial charge in [-0.1, -0.05) is 24.3 Å². The summed E-state index contributed by atoms with van der Waals surface area (Å²) in [6.45, 7) is 3.75. The van der Waals surface area contributed by atoms with Crippen LogP contribution in [0, 0.1) is 5.82 Å². The van der Waals surface area contributed by atoms with E-state index in [1.165, 1.54) is 24.1 Å². The molecule has 1 saturated heterocycles. The summed E-state index contributed by atoms with van der Waals surface area (Å²) >= 11 is 0. The molecule has 0 atom stereocenters. The van der Waals surface area contributed by atoms with E-state index < -0.39 is 0 Å². The predicted octanol–water partition coefficient (Wildman–Crippen LogP) is 3.98. The van der Waals surface area contributed by atoms with Crippen molar-refractivity contribution in [2.24, 2.45) is 0 Å². The number of carbonyl (C=O) groups is 1. The van der Waals surface area contributed by atoms with Crippen molar-refractivity contribution in [1.82, 2.24) is 14.8 Å². The van der Waals surface area contributed by atoms with Crippen LogP contribution in [0.15, 0.2) is 48.7 Å². The fourth-order valence-corrected chi connectivity index (χ4v) is 4.15. The van der Waals surface area contributed by atoms with Crippen molar-refractivity contribution in [1.29, 1.82) is 0 Å². The minimum atomic E-state index is -0.334. The van der Waals surface area contributed by atoms with Gasteiger partial charge in [-0.15, -0.1) is 0 Å². The average Bonchev–Trinajstić information content (AvgIpc) is 3.17. The molecule has 4 rings (SSSR count). The van der Waals surface area contributed by atoms with Crippen LogP contribution >= 0.6 is 0 Å². The monoisotopic (exact) mass is 409 g/mol. The van der Waals surface area contributed by atoms with Crippen LogP contribution in [-0.4, -0.2) is 54.0 Å². The first-order valence-electron chi connectivity index (χ1n) is 10.5. The lowest BCUT2D eigenvalue weighted by molar-refractivity contribution is -0.133. The first-order chi connectivity index (χ1) is 14.6. The van der Waals surface area contributed by atoms with Crippen molar-refractivity contribution in [3.8, 4) is 5.75 Å². The number of amides is 1. The maximum atomic E-state index is 13.9. The number of halogens is 1. The maximum absolute atomic E-state index is 13.9. The van der Waals surface area contributed by atoms with Crippen LogP contribution in [-0.2, 0) is 17.8 Å². The average molecular weight is 410 g/mol. The predicted molar refractivity (Wildman–Crippen MR) is 116 cm³/mol. The van der Waals surface area contributed by atoms with Crippen LogP contribution in [0.3, 0.4) is 0 Å². The topological polar surface area (TPSA) is 48.6 Å². The normalized spacial score (nSPS) is 14.9. The summed E-state index contributed by atoms with van der Waals surface area (Å²) in [5, 5.41) is 1.24. The molecule has 1 N–H and O–H groups in total.